The minimum atomic E-state index is -4.42. The molecule has 4 nitrogen and oxygen atoms in total. The quantitative estimate of drug-likeness (QED) is 0.742. The van der Waals surface area contributed by atoms with Gasteiger partial charge in [-0.25, -0.2) is 4.39 Å². The smallest absolute Gasteiger partial charge is 0.365 e. The Labute approximate surface area is 178 Å². The van der Waals surface area contributed by atoms with Gasteiger partial charge < -0.3 is 10.2 Å². The van der Waals surface area contributed by atoms with E-state index in [-0.39, 0.29) is 24.2 Å². The fourth-order valence-electron chi connectivity index (χ4n) is 4.66. The van der Waals surface area contributed by atoms with Crippen molar-refractivity contribution in [1.29, 1.82) is 0 Å². The SMILES string of the molecule is CCNC(=O)[C@@H]1Cc2cc(C(F)(F)F)ccc2N2CCN(Cc3ccc(F)cc3)C[C@@H]12. The maximum Gasteiger partial charge on any atom is 0.416 e. The van der Waals surface area contributed by atoms with Gasteiger partial charge in [0.25, 0.3) is 0 Å². The van der Waals surface area contributed by atoms with Crippen LogP contribution in [0, 0.1) is 11.7 Å². The molecule has 2 atom stereocenters. The molecule has 8 heteroatoms. The van der Waals surface area contributed by atoms with Crippen molar-refractivity contribution < 1.29 is 22.4 Å². The van der Waals surface area contributed by atoms with Crippen LogP contribution < -0.4 is 10.2 Å². The predicted molar refractivity (Wildman–Crippen MR) is 110 cm³/mol. The lowest BCUT2D eigenvalue weighted by Gasteiger charge is -2.49. The summed E-state index contributed by atoms with van der Waals surface area (Å²) in [5.74, 6) is -0.858. The summed E-state index contributed by atoms with van der Waals surface area (Å²) in [7, 11) is 0. The van der Waals surface area contributed by atoms with E-state index in [2.05, 4.69) is 15.1 Å². The number of anilines is 1. The largest absolute Gasteiger partial charge is 0.416 e. The number of hydrogen-bond donors (Lipinski definition) is 1. The van der Waals surface area contributed by atoms with Gasteiger partial charge in [-0.2, -0.15) is 13.2 Å². The van der Waals surface area contributed by atoms with E-state index in [0.29, 0.717) is 38.3 Å². The number of carbonyl (C=O) groups excluding carboxylic acids is 1. The zero-order valence-corrected chi connectivity index (χ0v) is 17.3. The number of alkyl halides is 3. The maximum atomic E-state index is 13.2. The average Bonchev–Trinajstić information content (AvgIpc) is 2.73. The Morgan fingerprint density at radius 1 is 1.13 bits per heavy atom. The van der Waals surface area contributed by atoms with Gasteiger partial charge in [-0.15, -0.1) is 0 Å². The van der Waals surface area contributed by atoms with E-state index < -0.39 is 17.7 Å². The summed E-state index contributed by atoms with van der Waals surface area (Å²) in [6, 6.07) is 10.1. The number of halogens is 4. The van der Waals surface area contributed by atoms with Crippen molar-refractivity contribution >= 4 is 11.6 Å². The molecule has 0 radical (unpaired) electrons. The number of rotatable bonds is 4. The van der Waals surface area contributed by atoms with Gasteiger partial charge in [-0.1, -0.05) is 12.1 Å². The minimum Gasteiger partial charge on any atom is -0.365 e. The van der Waals surface area contributed by atoms with Gasteiger partial charge >= 0.3 is 6.18 Å². The van der Waals surface area contributed by atoms with Gasteiger partial charge in [0.05, 0.1) is 17.5 Å². The summed E-state index contributed by atoms with van der Waals surface area (Å²) in [5, 5.41) is 2.85. The van der Waals surface area contributed by atoms with E-state index in [1.54, 1.807) is 12.1 Å². The van der Waals surface area contributed by atoms with E-state index in [0.717, 1.165) is 17.3 Å². The standard InChI is InChI=1S/C23H25F4N3O/c1-2-28-22(31)19-12-16-11-17(23(25,26)27)5-8-20(16)30-10-9-29(14-21(19)30)13-15-3-6-18(24)7-4-15/h3-8,11,19,21H,2,9-10,12-14H2,1H3,(H,28,31)/t19-,21+/m1/s1. The van der Waals surface area contributed by atoms with Gasteiger partial charge in [-0.3, -0.25) is 9.69 Å². The topological polar surface area (TPSA) is 35.6 Å². The fourth-order valence-corrected chi connectivity index (χ4v) is 4.66. The molecule has 1 fully saturated rings. The molecule has 31 heavy (non-hydrogen) atoms. The zero-order chi connectivity index (χ0) is 22.2. The molecule has 0 saturated carbocycles. The second-order valence-corrected chi connectivity index (χ2v) is 8.17. The first kappa shape index (κ1) is 21.6. The van der Waals surface area contributed by atoms with Crippen LogP contribution in [-0.4, -0.2) is 43.0 Å². The Morgan fingerprint density at radius 2 is 1.87 bits per heavy atom. The van der Waals surface area contributed by atoms with Crippen molar-refractivity contribution in [2.24, 2.45) is 5.92 Å². The van der Waals surface area contributed by atoms with Crippen molar-refractivity contribution in [2.45, 2.75) is 32.1 Å². The fraction of sp³-hybridized carbons (Fsp3) is 0.435. The number of carbonyl (C=O) groups is 1. The van der Waals surface area contributed by atoms with Gasteiger partial charge in [0, 0.05) is 38.4 Å². The van der Waals surface area contributed by atoms with Crippen LogP contribution in [0.15, 0.2) is 42.5 Å². The molecule has 0 spiro atoms. The monoisotopic (exact) mass is 435 g/mol. The van der Waals surface area contributed by atoms with Crippen LogP contribution in [-0.2, 0) is 23.9 Å². The van der Waals surface area contributed by atoms with Crippen molar-refractivity contribution in [3.05, 3.63) is 65.0 Å². The number of nitrogens with one attached hydrogen (secondary N) is 1. The highest BCUT2D eigenvalue weighted by Crippen LogP contribution is 2.39. The summed E-state index contributed by atoms with van der Waals surface area (Å²) < 4.78 is 52.9. The molecular weight excluding hydrogens is 410 g/mol. The highest BCUT2D eigenvalue weighted by Gasteiger charge is 2.42. The molecule has 2 heterocycles. The number of piperazine rings is 1. The number of nitrogens with zero attached hydrogens (tertiary/aromatic N) is 2. The van der Waals surface area contributed by atoms with Crippen LogP contribution in [0.4, 0.5) is 23.2 Å². The highest BCUT2D eigenvalue weighted by atomic mass is 19.4. The first-order valence-corrected chi connectivity index (χ1v) is 10.5. The summed E-state index contributed by atoms with van der Waals surface area (Å²) in [6.07, 6.45) is -4.14. The Morgan fingerprint density at radius 3 is 2.55 bits per heavy atom. The molecule has 166 valence electrons. The van der Waals surface area contributed by atoms with E-state index in [1.807, 2.05) is 6.92 Å². The molecule has 4 rings (SSSR count). The molecule has 1 amide bonds. The summed E-state index contributed by atoms with van der Waals surface area (Å²) in [4.78, 5) is 17.1. The predicted octanol–water partition coefficient (Wildman–Crippen LogP) is 3.84. The Bertz CT molecular complexity index is 945. The third-order valence-electron chi connectivity index (χ3n) is 6.13. The lowest BCUT2D eigenvalue weighted by atomic mass is 9.82. The molecule has 2 aliphatic heterocycles. The normalized spacial score (nSPS) is 21.4. The van der Waals surface area contributed by atoms with E-state index in [4.69, 9.17) is 0 Å². The molecule has 1 N–H and O–H groups in total. The number of amides is 1. The third kappa shape index (κ3) is 4.54. The Balaban J connectivity index is 1.61. The summed E-state index contributed by atoms with van der Waals surface area (Å²) in [5.41, 5.74) is 1.64. The molecule has 1 saturated heterocycles. The molecule has 2 aromatic rings. The van der Waals surface area contributed by atoms with Crippen LogP contribution in [0.25, 0.3) is 0 Å². The van der Waals surface area contributed by atoms with Gasteiger partial charge in [0.2, 0.25) is 5.91 Å². The molecule has 0 bridgehead atoms. The second-order valence-electron chi connectivity index (χ2n) is 8.17. The average molecular weight is 435 g/mol. The van der Waals surface area contributed by atoms with Gasteiger partial charge in [-0.05, 0) is 54.8 Å². The van der Waals surface area contributed by atoms with Crippen molar-refractivity contribution in [3.8, 4) is 0 Å². The van der Waals surface area contributed by atoms with E-state index >= 15 is 0 Å². The van der Waals surface area contributed by atoms with Crippen LogP contribution in [0.5, 0.6) is 0 Å². The zero-order valence-electron chi connectivity index (χ0n) is 17.3. The van der Waals surface area contributed by atoms with E-state index in [9.17, 15) is 22.4 Å². The first-order valence-electron chi connectivity index (χ1n) is 10.5. The maximum absolute atomic E-state index is 13.2. The Kier molecular flexibility index (Phi) is 5.92. The Hall–Kier alpha value is -2.61. The van der Waals surface area contributed by atoms with Crippen molar-refractivity contribution in [1.82, 2.24) is 10.2 Å². The number of hydrogen-bond acceptors (Lipinski definition) is 3. The molecule has 0 unspecified atom stereocenters. The van der Waals surface area contributed by atoms with Crippen molar-refractivity contribution in [2.75, 3.05) is 31.1 Å². The summed E-state index contributed by atoms with van der Waals surface area (Å²) >= 11 is 0. The molecule has 0 aromatic heterocycles. The van der Waals surface area contributed by atoms with Gasteiger partial charge in [0.15, 0.2) is 0 Å². The van der Waals surface area contributed by atoms with Gasteiger partial charge in [0.1, 0.15) is 5.82 Å². The van der Waals surface area contributed by atoms with Crippen LogP contribution >= 0.6 is 0 Å². The lowest BCUT2D eigenvalue weighted by molar-refractivity contribution is -0.137. The highest BCUT2D eigenvalue weighted by molar-refractivity contribution is 5.82. The molecule has 2 aliphatic rings. The van der Waals surface area contributed by atoms with Crippen LogP contribution in [0.1, 0.15) is 23.6 Å². The lowest BCUT2D eigenvalue weighted by Crippen LogP contribution is -2.60. The van der Waals surface area contributed by atoms with E-state index in [1.165, 1.54) is 24.3 Å². The first-order chi connectivity index (χ1) is 14.8. The third-order valence-corrected chi connectivity index (χ3v) is 6.13. The number of benzene rings is 2. The second kappa shape index (κ2) is 8.49. The minimum absolute atomic E-state index is 0.134. The summed E-state index contributed by atoms with van der Waals surface area (Å²) in [6.45, 7) is 4.86. The van der Waals surface area contributed by atoms with Crippen LogP contribution in [0.2, 0.25) is 0 Å². The molecule has 0 aliphatic carbocycles. The number of fused-ring (bicyclic) bond motifs is 3. The van der Waals surface area contributed by atoms with Crippen LogP contribution in [0.3, 0.4) is 0 Å². The molecule has 2 aromatic carbocycles. The van der Waals surface area contributed by atoms with Crippen molar-refractivity contribution in [3.63, 3.8) is 0 Å². The molecular formula is C23H25F4N3O.